The van der Waals surface area contributed by atoms with Gasteiger partial charge in [0.05, 0.1) is 12.1 Å². The van der Waals surface area contributed by atoms with E-state index < -0.39 is 0 Å². The predicted octanol–water partition coefficient (Wildman–Crippen LogP) is 7.30. The molecule has 0 saturated heterocycles. The van der Waals surface area contributed by atoms with Gasteiger partial charge in [-0.3, -0.25) is 14.3 Å². The number of aryl methyl sites for hydroxylation is 2. The number of pyridine rings is 2. The first kappa shape index (κ1) is 25.9. The number of amides is 1. The molecule has 0 saturated carbocycles. The summed E-state index contributed by atoms with van der Waals surface area (Å²) in [6, 6.07) is 27.2. The van der Waals surface area contributed by atoms with Gasteiger partial charge in [0, 0.05) is 44.1 Å². The minimum atomic E-state index is -0.317. The molecule has 2 N–H and O–H groups in total. The Bertz CT molecular complexity index is 1960. The van der Waals surface area contributed by atoms with Gasteiger partial charge < -0.3 is 9.55 Å². The SMILES string of the molecule is Cc1ccc(SNC(=O)c2c(-c3ccc[nH]c3=O)c3cc(C)ccc3n2Cc2cc3ccccc3nc2Cl)cc1. The summed E-state index contributed by atoms with van der Waals surface area (Å²) < 4.78 is 4.94. The first-order valence-corrected chi connectivity index (χ1v) is 14.0. The van der Waals surface area contributed by atoms with Gasteiger partial charge in [0.15, 0.2) is 0 Å². The fraction of sp³-hybridized carbons (Fsp3) is 0.0938. The number of benzene rings is 3. The highest BCUT2D eigenvalue weighted by Gasteiger charge is 2.26. The third-order valence-corrected chi connectivity index (χ3v) is 8.01. The topological polar surface area (TPSA) is 79.8 Å². The highest BCUT2D eigenvalue weighted by Crippen LogP contribution is 2.36. The molecule has 6 aromatic rings. The second kappa shape index (κ2) is 10.7. The van der Waals surface area contributed by atoms with Gasteiger partial charge in [0.25, 0.3) is 11.5 Å². The van der Waals surface area contributed by atoms with E-state index in [9.17, 15) is 9.59 Å². The molecule has 3 aromatic carbocycles. The number of carbonyl (C=O) groups is 1. The first-order chi connectivity index (χ1) is 19.4. The maximum atomic E-state index is 14.0. The van der Waals surface area contributed by atoms with Gasteiger partial charge >= 0.3 is 0 Å². The molecule has 6 rings (SSSR count). The molecule has 3 heterocycles. The minimum Gasteiger partial charge on any atom is -0.331 e. The molecule has 0 aliphatic carbocycles. The minimum absolute atomic E-state index is 0.270. The molecule has 198 valence electrons. The number of H-pyrrole nitrogens is 1. The average molecular weight is 565 g/mol. The molecular formula is C32H25ClN4O2S. The van der Waals surface area contributed by atoms with Crippen LogP contribution >= 0.6 is 23.5 Å². The molecule has 40 heavy (non-hydrogen) atoms. The molecule has 0 spiro atoms. The van der Waals surface area contributed by atoms with Crippen molar-refractivity contribution < 1.29 is 4.79 Å². The van der Waals surface area contributed by atoms with Gasteiger partial charge in [-0.15, -0.1) is 0 Å². The van der Waals surface area contributed by atoms with Crippen molar-refractivity contribution >= 4 is 51.3 Å². The average Bonchev–Trinajstić information content (AvgIpc) is 3.26. The summed E-state index contributed by atoms with van der Waals surface area (Å²) in [5, 5.41) is 2.13. The number of carbonyl (C=O) groups excluding carboxylic acids is 1. The zero-order valence-electron chi connectivity index (χ0n) is 21.9. The second-order valence-corrected chi connectivity index (χ2v) is 11.0. The van der Waals surface area contributed by atoms with Crippen molar-refractivity contribution in [3.05, 3.63) is 129 Å². The van der Waals surface area contributed by atoms with Crippen molar-refractivity contribution in [2.24, 2.45) is 0 Å². The molecule has 0 bridgehead atoms. The van der Waals surface area contributed by atoms with Gasteiger partial charge in [-0.2, -0.15) is 0 Å². The third kappa shape index (κ3) is 4.90. The molecular weight excluding hydrogens is 540 g/mol. The van der Waals surface area contributed by atoms with Crippen LogP contribution in [0.3, 0.4) is 0 Å². The number of aromatic nitrogens is 3. The Labute approximate surface area is 240 Å². The Morgan fingerprint density at radius 1 is 0.975 bits per heavy atom. The van der Waals surface area contributed by atoms with E-state index in [-0.39, 0.29) is 11.5 Å². The van der Waals surface area contributed by atoms with Gasteiger partial charge in [0.2, 0.25) is 0 Å². The van der Waals surface area contributed by atoms with Crippen LogP contribution in [0, 0.1) is 13.8 Å². The van der Waals surface area contributed by atoms with Crippen LogP contribution in [0.2, 0.25) is 5.15 Å². The summed E-state index contributed by atoms with van der Waals surface area (Å²) in [4.78, 5) is 35.4. The summed E-state index contributed by atoms with van der Waals surface area (Å²) in [5.74, 6) is -0.317. The highest BCUT2D eigenvalue weighted by molar-refractivity contribution is 7.98. The van der Waals surface area contributed by atoms with Crippen molar-refractivity contribution in [2.45, 2.75) is 25.3 Å². The van der Waals surface area contributed by atoms with Crippen LogP contribution in [0.25, 0.3) is 32.9 Å². The maximum Gasteiger partial charge on any atom is 0.278 e. The lowest BCUT2D eigenvalue weighted by atomic mass is 10.0. The molecule has 3 aromatic heterocycles. The van der Waals surface area contributed by atoms with E-state index in [4.69, 9.17) is 11.6 Å². The Kier molecular flexibility index (Phi) is 6.92. The van der Waals surface area contributed by atoms with E-state index in [0.29, 0.717) is 28.5 Å². The summed E-state index contributed by atoms with van der Waals surface area (Å²) in [5.41, 5.74) is 5.65. The lowest BCUT2D eigenvalue weighted by molar-refractivity contribution is 0.0977. The van der Waals surface area contributed by atoms with Gasteiger partial charge in [-0.05, 0) is 74.3 Å². The number of hydrogen-bond donors (Lipinski definition) is 2. The molecule has 1 amide bonds. The van der Waals surface area contributed by atoms with Crippen LogP contribution in [-0.2, 0) is 6.54 Å². The molecule has 0 aliphatic heterocycles. The van der Waals surface area contributed by atoms with Crippen molar-refractivity contribution in [1.82, 2.24) is 19.3 Å². The third-order valence-electron chi connectivity index (χ3n) is 6.88. The fourth-order valence-electron chi connectivity index (χ4n) is 4.94. The molecule has 0 radical (unpaired) electrons. The summed E-state index contributed by atoms with van der Waals surface area (Å²) >= 11 is 7.92. The van der Waals surface area contributed by atoms with Crippen LogP contribution in [0.1, 0.15) is 27.2 Å². The largest absolute Gasteiger partial charge is 0.331 e. The number of halogens is 1. The van der Waals surface area contributed by atoms with Crippen molar-refractivity contribution in [3.63, 3.8) is 0 Å². The normalized spacial score (nSPS) is 11.3. The molecule has 8 heteroatoms. The Morgan fingerprint density at radius 2 is 1.75 bits per heavy atom. The van der Waals surface area contributed by atoms with Crippen LogP contribution < -0.4 is 10.3 Å². The number of aromatic amines is 1. The van der Waals surface area contributed by atoms with E-state index in [1.165, 1.54) is 11.9 Å². The lowest BCUT2D eigenvalue weighted by Gasteiger charge is -2.14. The highest BCUT2D eigenvalue weighted by atomic mass is 35.5. The molecule has 6 nitrogen and oxygen atoms in total. The molecule has 0 unspecified atom stereocenters. The number of nitrogens with zero attached hydrogens (tertiary/aromatic N) is 2. The Balaban J connectivity index is 1.55. The lowest BCUT2D eigenvalue weighted by Crippen LogP contribution is -2.22. The fourth-order valence-corrected chi connectivity index (χ4v) is 5.72. The summed E-state index contributed by atoms with van der Waals surface area (Å²) in [6.45, 7) is 4.30. The van der Waals surface area contributed by atoms with Crippen molar-refractivity contribution in [1.29, 1.82) is 0 Å². The number of para-hydroxylation sites is 1. The zero-order valence-corrected chi connectivity index (χ0v) is 23.4. The Morgan fingerprint density at radius 3 is 2.55 bits per heavy atom. The van der Waals surface area contributed by atoms with Crippen LogP contribution in [0.4, 0.5) is 0 Å². The van der Waals surface area contributed by atoms with E-state index in [0.717, 1.165) is 43.4 Å². The number of fused-ring (bicyclic) bond motifs is 2. The summed E-state index contributed by atoms with van der Waals surface area (Å²) in [6.07, 6.45) is 1.59. The molecule has 0 aliphatic rings. The first-order valence-electron chi connectivity index (χ1n) is 12.8. The van der Waals surface area contributed by atoms with Crippen molar-refractivity contribution in [3.8, 4) is 11.1 Å². The monoisotopic (exact) mass is 564 g/mol. The van der Waals surface area contributed by atoms with E-state index >= 15 is 0 Å². The standard InChI is InChI=1S/C32H25ClN4O2S/c1-19-9-12-23(13-10-19)40-36-32(39)29-28(24-7-5-15-34-31(24)38)25-16-20(2)11-14-27(25)37(29)18-22-17-21-6-3-4-8-26(21)35-30(22)33/h3-17H,18H2,1-2H3,(H,34,38)(H,36,39). The van der Waals surface area contributed by atoms with Gasteiger partial charge in [-0.1, -0.05) is 59.1 Å². The number of rotatable bonds is 6. The second-order valence-electron chi connectivity index (χ2n) is 9.72. The molecule has 0 fully saturated rings. The van der Waals surface area contributed by atoms with E-state index in [1.54, 1.807) is 18.3 Å². The van der Waals surface area contributed by atoms with Crippen LogP contribution in [-0.4, -0.2) is 20.4 Å². The van der Waals surface area contributed by atoms with Crippen LogP contribution in [0.5, 0.6) is 0 Å². The van der Waals surface area contributed by atoms with Gasteiger partial charge in [0.1, 0.15) is 10.8 Å². The predicted molar refractivity (Wildman–Crippen MR) is 163 cm³/mol. The molecule has 0 atom stereocenters. The summed E-state index contributed by atoms with van der Waals surface area (Å²) in [7, 11) is 0. The van der Waals surface area contributed by atoms with E-state index in [2.05, 4.69) is 14.7 Å². The number of hydrogen-bond acceptors (Lipinski definition) is 4. The van der Waals surface area contributed by atoms with Gasteiger partial charge in [-0.25, -0.2) is 4.98 Å². The van der Waals surface area contributed by atoms with E-state index in [1.807, 2.05) is 91.2 Å². The quantitative estimate of drug-likeness (QED) is 0.164. The Hall–Kier alpha value is -4.33. The number of nitrogens with one attached hydrogen (secondary N) is 2. The van der Waals surface area contributed by atoms with Crippen LogP contribution in [0.15, 0.2) is 101 Å². The maximum absolute atomic E-state index is 14.0. The smallest absolute Gasteiger partial charge is 0.278 e. The van der Waals surface area contributed by atoms with Crippen molar-refractivity contribution in [2.75, 3.05) is 0 Å². The zero-order chi connectivity index (χ0) is 27.8.